The number of nitriles is 1. The average Bonchev–Trinajstić information content (AvgIpc) is 1.70. The minimum Gasteiger partial charge on any atom is -0.497 e. The van der Waals surface area contributed by atoms with Crippen LogP contribution in [0.5, 0.6) is 17.2 Å². The number of urea groups is 1. The summed E-state index contributed by atoms with van der Waals surface area (Å²) in [6.07, 6.45) is 0.679. The predicted molar refractivity (Wildman–Crippen MR) is 326 cm³/mol. The normalized spacial score (nSPS) is 17.0. The van der Waals surface area contributed by atoms with E-state index >= 15 is 4.79 Å². The molecule has 460 valence electrons. The van der Waals surface area contributed by atoms with Crippen LogP contribution in [0.2, 0.25) is 10.0 Å². The van der Waals surface area contributed by atoms with E-state index in [4.69, 9.17) is 72.2 Å². The molecule has 0 saturated carbocycles. The van der Waals surface area contributed by atoms with Gasteiger partial charge in [0.15, 0.2) is 11.6 Å². The lowest BCUT2D eigenvalue weighted by Gasteiger charge is -2.39. The van der Waals surface area contributed by atoms with Gasteiger partial charge >= 0.3 is 6.03 Å². The Morgan fingerprint density at radius 3 is 2.14 bits per heavy atom. The van der Waals surface area contributed by atoms with E-state index in [2.05, 4.69) is 21.3 Å². The van der Waals surface area contributed by atoms with Crippen LogP contribution in [0.3, 0.4) is 0 Å². The molecule has 3 N–H and O–H groups in total. The Bertz CT molecular complexity index is 3430. The van der Waals surface area contributed by atoms with E-state index in [1.807, 2.05) is 90.4 Å². The molecule has 24 heteroatoms. The number of carbonyl (C=O) groups excluding carboxylic acids is 3. The van der Waals surface area contributed by atoms with Gasteiger partial charge in [-0.1, -0.05) is 47.5 Å². The summed E-state index contributed by atoms with van der Waals surface area (Å²) >= 11 is 12.8. The number of ether oxygens (including phenoxy) is 7. The first-order valence-electron chi connectivity index (χ1n) is 28.9. The number of amides is 4. The molecule has 3 aliphatic heterocycles. The summed E-state index contributed by atoms with van der Waals surface area (Å²) in [6, 6.07) is 27.3. The van der Waals surface area contributed by atoms with Crippen LogP contribution in [-0.4, -0.2) is 170 Å². The molecule has 5 heterocycles. The van der Waals surface area contributed by atoms with Gasteiger partial charge in [0.05, 0.1) is 96.5 Å². The minimum absolute atomic E-state index is 0.0119. The van der Waals surface area contributed by atoms with E-state index in [-0.39, 0.29) is 80.1 Å². The molecular weight excluding hydrogens is 1160 g/mol. The number of rotatable bonds is 24. The summed E-state index contributed by atoms with van der Waals surface area (Å²) in [6.45, 7) is 11.8. The lowest BCUT2D eigenvalue weighted by atomic mass is 9.93. The fourth-order valence-corrected chi connectivity index (χ4v) is 10.8. The zero-order valence-electron chi connectivity index (χ0n) is 49.4. The van der Waals surface area contributed by atoms with Crippen molar-refractivity contribution in [3.63, 3.8) is 0 Å². The monoisotopic (exact) mass is 1230 g/mol. The number of nitrogen functional groups attached to an aromatic ring is 1. The number of aliphatic imine (C=N–C) groups is 1. The van der Waals surface area contributed by atoms with E-state index in [1.54, 1.807) is 27.1 Å². The number of nitrogens with one attached hydrogen (secondary N) is 1. The molecular formula is C63H72Cl2FN11O10. The standard InChI is InChI=1S/C63H72Cl2FN11O10/c1-40(2)86-54-36-48(81-5)15-17-50(54)61-71-58(42-6-10-45(64)11-7-42)59(43-8-12-46(65)13-9-43)77(61)63(80)75-23-21-74(22-24-75)25-27-83-29-31-85-33-32-84-30-28-82-26-18-56(78)69-19-20-76-53(37-67)57-44-34-55(60(68)70-38-44)87-41(3)51-35-47(66)14-16-49(51)62(79)73(4)39-52(57)72-76/h6-17,34-36,38,40-41,58-59H,18-33,39H2,1-5H3,(H2,68,70)(H,69,78)/t41-,58-,59+/m1/s1. The predicted octanol–water partition coefficient (Wildman–Crippen LogP) is 8.92. The largest absolute Gasteiger partial charge is 0.497 e. The molecule has 1 saturated heterocycles. The number of fused-ring (bicyclic) bond motifs is 5. The number of benzene rings is 4. The number of hydrogen-bond acceptors (Lipinski definition) is 16. The highest BCUT2D eigenvalue weighted by molar-refractivity contribution is 6.30. The van der Waals surface area contributed by atoms with Gasteiger partial charge in [-0.25, -0.2) is 14.2 Å². The summed E-state index contributed by atoms with van der Waals surface area (Å²) in [5.41, 5.74) is 10.7. The van der Waals surface area contributed by atoms with Crippen molar-refractivity contribution >= 4 is 52.7 Å². The number of amidine groups is 1. The molecule has 3 aliphatic rings. The van der Waals surface area contributed by atoms with Gasteiger partial charge in [-0.15, -0.1) is 0 Å². The van der Waals surface area contributed by atoms with Crippen LogP contribution in [0.4, 0.5) is 15.0 Å². The molecule has 0 aliphatic carbocycles. The number of carbonyl (C=O) groups is 3. The van der Waals surface area contributed by atoms with Gasteiger partial charge in [-0.3, -0.25) is 29.1 Å². The fraction of sp³-hybridized carbons (Fsp3) is 0.413. The lowest BCUT2D eigenvalue weighted by molar-refractivity contribution is -0.122. The molecule has 0 radical (unpaired) electrons. The Hall–Kier alpha value is -7.88. The number of pyridine rings is 1. The molecule has 2 bridgehead atoms. The van der Waals surface area contributed by atoms with Crippen molar-refractivity contribution in [2.45, 2.75) is 64.6 Å². The Morgan fingerprint density at radius 2 is 1.48 bits per heavy atom. The highest BCUT2D eigenvalue weighted by Crippen LogP contribution is 2.46. The Labute approximate surface area is 515 Å². The van der Waals surface area contributed by atoms with E-state index in [1.165, 1.54) is 34.0 Å². The Balaban J connectivity index is 0.664. The molecule has 3 atom stereocenters. The molecule has 0 unspecified atom stereocenters. The number of nitrogens with zero attached hydrogens (tertiary/aromatic N) is 9. The van der Waals surface area contributed by atoms with Crippen molar-refractivity contribution in [2.24, 2.45) is 4.99 Å². The van der Waals surface area contributed by atoms with Crippen LogP contribution in [0.15, 0.2) is 102 Å². The summed E-state index contributed by atoms with van der Waals surface area (Å²) < 4.78 is 56.9. The lowest BCUT2D eigenvalue weighted by Crippen LogP contribution is -2.54. The smallest absolute Gasteiger partial charge is 0.326 e. The second-order valence-electron chi connectivity index (χ2n) is 21.3. The molecule has 21 nitrogen and oxygen atoms in total. The molecule has 1 fully saturated rings. The molecule has 9 rings (SSSR count). The average molecular weight is 1230 g/mol. The first-order valence-corrected chi connectivity index (χ1v) is 29.7. The van der Waals surface area contributed by atoms with Crippen molar-refractivity contribution in [1.29, 1.82) is 5.26 Å². The van der Waals surface area contributed by atoms with E-state index < -0.39 is 29.9 Å². The Kier molecular flexibility index (Phi) is 22.1. The van der Waals surface area contributed by atoms with Crippen LogP contribution in [0.1, 0.15) is 89.4 Å². The molecule has 0 spiro atoms. The molecule has 2 aromatic heterocycles. The maximum atomic E-state index is 15.1. The second kappa shape index (κ2) is 30.2. The van der Waals surface area contributed by atoms with Gasteiger partial charge in [0, 0.05) is 97.3 Å². The zero-order chi connectivity index (χ0) is 61.6. The van der Waals surface area contributed by atoms with Crippen LogP contribution >= 0.6 is 23.2 Å². The van der Waals surface area contributed by atoms with Gasteiger partial charge in [-0.05, 0) is 92.6 Å². The van der Waals surface area contributed by atoms with Gasteiger partial charge in [0.2, 0.25) is 5.91 Å². The maximum Gasteiger partial charge on any atom is 0.326 e. The van der Waals surface area contributed by atoms with Crippen molar-refractivity contribution < 1.29 is 51.9 Å². The third-order valence-electron chi connectivity index (χ3n) is 14.9. The third kappa shape index (κ3) is 16.0. The molecule has 4 amide bonds. The molecule has 4 aromatic carbocycles. The van der Waals surface area contributed by atoms with Gasteiger partial charge in [0.25, 0.3) is 5.91 Å². The number of aromatic nitrogens is 3. The van der Waals surface area contributed by atoms with Crippen LogP contribution < -0.4 is 25.3 Å². The molecule has 6 aromatic rings. The van der Waals surface area contributed by atoms with E-state index in [9.17, 15) is 19.2 Å². The first-order chi connectivity index (χ1) is 42.1. The first kappa shape index (κ1) is 63.6. The SMILES string of the molecule is COc1ccc(C2=N[C@H](c3ccc(Cl)cc3)[C@H](c3ccc(Cl)cc3)N2C(=O)N2CCN(CCOCCOCCOCCOCCC(=O)NCCn3nc4c(c3C#N)-c3cnc(N)c(c3)O[C@H](C)c3cc(F)ccc3C(=O)N(C)C4)CC2)c(OC(C)C)c1. The maximum absolute atomic E-state index is 15.1. The second-order valence-corrected chi connectivity index (χ2v) is 22.1. The summed E-state index contributed by atoms with van der Waals surface area (Å²) in [7, 11) is 3.20. The number of hydrogen-bond donors (Lipinski definition) is 2. The Morgan fingerprint density at radius 1 is 0.839 bits per heavy atom. The van der Waals surface area contributed by atoms with E-state index in [0.29, 0.717) is 128 Å². The third-order valence-corrected chi connectivity index (χ3v) is 15.4. The highest BCUT2D eigenvalue weighted by Gasteiger charge is 2.45. The minimum atomic E-state index is -0.768. The number of anilines is 1. The van der Waals surface area contributed by atoms with Crippen LogP contribution in [0.25, 0.3) is 11.1 Å². The highest BCUT2D eigenvalue weighted by atomic mass is 35.5. The quantitative estimate of drug-likeness (QED) is 0.0539. The van der Waals surface area contributed by atoms with Crippen molar-refractivity contribution in [2.75, 3.05) is 112 Å². The van der Waals surface area contributed by atoms with Crippen molar-refractivity contribution in [1.82, 2.24) is 39.7 Å². The summed E-state index contributed by atoms with van der Waals surface area (Å²) in [4.78, 5) is 58.6. The number of nitrogens with two attached hydrogens (primary N) is 1. The van der Waals surface area contributed by atoms with Crippen LogP contribution in [-0.2, 0) is 36.8 Å². The van der Waals surface area contributed by atoms with Gasteiger partial charge in [0.1, 0.15) is 47.1 Å². The number of piperazine rings is 1. The summed E-state index contributed by atoms with van der Waals surface area (Å²) in [5, 5.41) is 19.1. The van der Waals surface area contributed by atoms with Crippen molar-refractivity contribution in [3.8, 4) is 34.4 Å². The topological polar surface area (TPSA) is 234 Å². The number of methoxy groups -OCH3 is 1. The van der Waals surface area contributed by atoms with Gasteiger partial charge in [-0.2, -0.15) is 10.4 Å². The van der Waals surface area contributed by atoms with Gasteiger partial charge < -0.3 is 54.0 Å². The molecule has 87 heavy (non-hydrogen) atoms. The van der Waals surface area contributed by atoms with Crippen LogP contribution in [0, 0.1) is 17.1 Å². The zero-order valence-corrected chi connectivity index (χ0v) is 50.9. The van der Waals surface area contributed by atoms with E-state index in [0.717, 1.165) is 11.1 Å². The fourth-order valence-electron chi connectivity index (χ4n) is 10.6. The van der Waals surface area contributed by atoms with Crippen molar-refractivity contribution in [3.05, 3.63) is 152 Å². The number of halogens is 3. The summed E-state index contributed by atoms with van der Waals surface area (Å²) in [5.74, 6) is 0.773.